The van der Waals surface area contributed by atoms with Crippen LogP contribution in [0.25, 0.3) is 71.3 Å². The van der Waals surface area contributed by atoms with Gasteiger partial charge in [0, 0.05) is 39.3 Å². The summed E-state index contributed by atoms with van der Waals surface area (Å²) in [6.45, 7) is 0. The molecule has 3 nitrogen and oxygen atoms in total. The number of aromatic nitrogens is 1. The van der Waals surface area contributed by atoms with Crippen LogP contribution in [-0.4, -0.2) is 12.6 Å². The number of para-hydroxylation sites is 3. The number of fused-ring (bicyclic) bond motifs is 8. The molecule has 0 unspecified atom stereocenters. The van der Waals surface area contributed by atoms with Gasteiger partial charge in [-0.05, 0) is 91.2 Å². The van der Waals surface area contributed by atoms with Gasteiger partial charge in [0.2, 0.25) is 0 Å². The molecule has 0 spiro atoms. The van der Waals surface area contributed by atoms with Crippen LogP contribution in [0.1, 0.15) is 0 Å². The molecule has 0 aliphatic rings. The molecular weight excluding hydrogens is 841 g/mol. The van der Waals surface area contributed by atoms with E-state index < -0.39 is 8.07 Å². The summed E-state index contributed by atoms with van der Waals surface area (Å²) in [4.78, 5) is 2.45. The van der Waals surface area contributed by atoms with E-state index in [1.165, 1.54) is 48.0 Å². The number of rotatable bonds is 9. The highest BCUT2D eigenvalue weighted by Crippen LogP contribution is 2.49. The summed E-state index contributed by atoms with van der Waals surface area (Å²) in [7, 11) is -2.79. The molecule has 0 aliphatic carbocycles. The molecule has 4 heteroatoms. The monoisotopic (exact) mass is 884 g/mol. The number of furan rings is 1. The maximum atomic E-state index is 6.90. The Kier molecular flexibility index (Phi) is 9.51. The van der Waals surface area contributed by atoms with Crippen molar-refractivity contribution in [2.45, 2.75) is 0 Å². The van der Waals surface area contributed by atoms with E-state index in [9.17, 15) is 0 Å². The van der Waals surface area contributed by atoms with E-state index in [0.717, 1.165) is 61.1 Å². The average Bonchev–Trinajstić information content (AvgIpc) is 3.97. The quantitative estimate of drug-likeness (QED) is 0.106. The highest BCUT2D eigenvalue weighted by molar-refractivity contribution is 7.19. The molecule has 0 N–H and O–H groups in total. The van der Waals surface area contributed by atoms with Crippen molar-refractivity contribution in [3.8, 4) is 16.8 Å². The minimum Gasteiger partial charge on any atom is -0.456 e. The first kappa shape index (κ1) is 39.6. The summed E-state index contributed by atoms with van der Waals surface area (Å²) in [5, 5.41) is 12.3. The Morgan fingerprint density at radius 3 is 1.51 bits per heavy atom. The van der Waals surface area contributed by atoms with Gasteiger partial charge in [-0.25, -0.2) is 0 Å². The number of nitrogens with zero attached hydrogens (tertiary/aromatic N) is 2. The number of hydrogen-bond donors (Lipinski definition) is 0. The van der Waals surface area contributed by atoms with Crippen LogP contribution >= 0.6 is 0 Å². The van der Waals surface area contributed by atoms with E-state index >= 15 is 0 Å². The van der Waals surface area contributed by atoms with E-state index in [4.69, 9.17) is 4.42 Å². The molecule has 68 heavy (non-hydrogen) atoms. The van der Waals surface area contributed by atoms with Crippen molar-refractivity contribution >= 4 is 100 Å². The summed E-state index contributed by atoms with van der Waals surface area (Å²) in [5.74, 6) is 0. The largest absolute Gasteiger partial charge is 0.456 e. The van der Waals surface area contributed by atoms with Crippen LogP contribution in [0.3, 0.4) is 0 Å². The lowest BCUT2D eigenvalue weighted by atomic mass is 9.98. The lowest BCUT2D eigenvalue weighted by Crippen LogP contribution is -2.74. The Morgan fingerprint density at radius 2 is 0.868 bits per heavy atom. The molecular formula is C64H44N2OSi. The first-order valence-corrected chi connectivity index (χ1v) is 25.3. The first-order chi connectivity index (χ1) is 33.8. The molecule has 0 amide bonds. The number of anilines is 3. The molecule has 13 rings (SSSR count). The maximum Gasteiger partial charge on any atom is 0.179 e. The molecule has 320 valence electrons. The summed E-state index contributed by atoms with van der Waals surface area (Å²) >= 11 is 0. The van der Waals surface area contributed by atoms with Crippen LogP contribution < -0.4 is 25.6 Å². The second-order valence-electron chi connectivity index (χ2n) is 17.6. The molecule has 0 saturated heterocycles. The van der Waals surface area contributed by atoms with Crippen LogP contribution in [0.2, 0.25) is 0 Å². The fourth-order valence-corrected chi connectivity index (χ4v) is 15.7. The standard InChI is InChI=1S/C64H44N2OSi/c1-5-22-47(23-6-1)66-58-34-17-15-31-56(58)62-59(44-61-63(64(62)66)57-32-16-18-35-60(57)67-61)65(48-38-36-46(37-39-48)55-33-19-21-45-20-13-14-30-54(45)55)49-40-42-53(43-41-49)68(50-24-7-2-8-25-50,51-26-9-3-10-27-51)52-28-11-4-12-29-52/h1-44H. The van der Waals surface area contributed by atoms with Gasteiger partial charge in [0.15, 0.2) is 8.07 Å². The molecule has 2 heterocycles. The third-order valence-electron chi connectivity index (χ3n) is 13.9. The fourth-order valence-electron chi connectivity index (χ4n) is 11.0. The lowest BCUT2D eigenvalue weighted by Gasteiger charge is -2.35. The van der Waals surface area contributed by atoms with Crippen molar-refractivity contribution in [2.24, 2.45) is 0 Å². The summed E-state index contributed by atoms with van der Waals surface area (Å²) in [6.07, 6.45) is 0. The highest BCUT2D eigenvalue weighted by Gasteiger charge is 2.41. The zero-order valence-electron chi connectivity index (χ0n) is 37.2. The minimum atomic E-state index is -2.79. The summed E-state index contributed by atoms with van der Waals surface area (Å²) in [5.41, 5.74) is 10.6. The Hall–Kier alpha value is -8.70. The summed E-state index contributed by atoms with van der Waals surface area (Å²) in [6, 6.07) is 97.6. The topological polar surface area (TPSA) is 21.3 Å². The average molecular weight is 885 g/mol. The first-order valence-electron chi connectivity index (χ1n) is 23.3. The lowest BCUT2D eigenvalue weighted by molar-refractivity contribution is 0.669. The molecule has 0 atom stereocenters. The predicted molar refractivity (Wildman–Crippen MR) is 289 cm³/mol. The zero-order chi connectivity index (χ0) is 45.0. The Bertz CT molecular complexity index is 3840. The molecule has 0 radical (unpaired) electrons. The molecule has 0 aliphatic heterocycles. The molecule has 0 saturated carbocycles. The number of hydrogen-bond acceptors (Lipinski definition) is 2. The second-order valence-corrected chi connectivity index (χ2v) is 21.4. The number of benzene rings is 11. The normalized spacial score (nSPS) is 11.8. The van der Waals surface area contributed by atoms with Crippen molar-refractivity contribution in [3.05, 3.63) is 267 Å². The van der Waals surface area contributed by atoms with Crippen LogP contribution in [0.15, 0.2) is 271 Å². The second kappa shape index (κ2) is 16.3. The SMILES string of the molecule is c1ccc(-n2c3ccccc3c3c(N(c4ccc(-c5cccc6ccccc56)cc4)c4ccc([Si](c5ccccc5)(c5ccccc5)c5ccccc5)cc4)cc4oc5ccccc5c4c32)cc1. The third kappa shape index (κ3) is 6.26. The van der Waals surface area contributed by atoms with Gasteiger partial charge in [0.05, 0.1) is 22.1 Å². The highest BCUT2D eigenvalue weighted by atomic mass is 28.3. The molecule has 13 aromatic rings. The van der Waals surface area contributed by atoms with Gasteiger partial charge in [0.25, 0.3) is 0 Å². The van der Waals surface area contributed by atoms with Gasteiger partial charge in [-0.15, -0.1) is 0 Å². The molecule has 11 aromatic carbocycles. The third-order valence-corrected chi connectivity index (χ3v) is 18.7. The van der Waals surface area contributed by atoms with Gasteiger partial charge in [-0.2, -0.15) is 0 Å². The maximum absolute atomic E-state index is 6.90. The van der Waals surface area contributed by atoms with Gasteiger partial charge in [-0.1, -0.05) is 212 Å². The van der Waals surface area contributed by atoms with Crippen molar-refractivity contribution < 1.29 is 4.42 Å². The zero-order valence-corrected chi connectivity index (χ0v) is 38.2. The van der Waals surface area contributed by atoms with Crippen molar-refractivity contribution in [1.29, 1.82) is 0 Å². The molecule has 2 aromatic heterocycles. The Balaban J connectivity index is 1.10. The van der Waals surface area contributed by atoms with Crippen LogP contribution in [-0.2, 0) is 0 Å². The van der Waals surface area contributed by atoms with Crippen molar-refractivity contribution in [3.63, 3.8) is 0 Å². The smallest absolute Gasteiger partial charge is 0.179 e. The van der Waals surface area contributed by atoms with Crippen LogP contribution in [0.4, 0.5) is 17.1 Å². The van der Waals surface area contributed by atoms with Crippen LogP contribution in [0.5, 0.6) is 0 Å². The Morgan fingerprint density at radius 1 is 0.368 bits per heavy atom. The van der Waals surface area contributed by atoms with Crippen molar-refractivity contribution in [2.75, 3.05) is 4.90 Å². The minimum absolute atomic E-state index is 0.839. The van der Waals surface area contributed by atoms with Gasteiger partial charge < -0.3 is 13.9 Å². The van der Waals surface area contributed by atoms with Gasteiger partial charge >= 0.3 is 0 Å². The van der Waals surface area contributed by atoms with E-state index in [-0.39, 0.29) is 0 Å². The predicted octanol–water partition coefficient (Wildman–Crippen LogP) is 14.4. The molecule has 0 fully saturated rings. The summed E-state index contributed by atoms with van der Waals surface area (Å²) < 4.78 is 9.34. The van der Waals surface area contributed by atoms with E-state index in [2.05, 4.69) is 276 Å². The van der Waals surface area contributed by atoms with Gasteiger partial charge in [-0.3, -0.25) is 0 Å². The molecule has 0 bridgehead atoms. The van der Waals surface area contributed by atoms with Crippen LogP contribution in [0, 0.1) is 0 Å². The van der Waals surface area contributed by atoms with Crippen molar-refractivity contribution in [1.82, 2.24) is 4.57 Å². The van der Waals surface area contributed by atoms with Gasteiger partial charge in [0.1, 0.15) is 11.2 Å². The Labute approximate surface area is 396 Å². The van der Waals surface area contributed by atoms with E-state index in [0.29, 0.717) is 0 Å². The fraction of sp³-hybridized carbons (Fsp3) is 0. The van der Waals surface area contributed by atoms with E-state index in [1.54, 1.807) is 0 Å². The van der Waals surface area contributed by atoms with E-state index in [1.807, 2.05) is 0 Å².